The fourth-order valence-corrected chi connectivity index (χ4v) is 3.92. The topological polar surface area (TPSA) is 132 Å². The number of nitrogens with zero attached hydrogens (tertiary/aromatic N) is 1. The molecular formula is C20H16F3N3O5S. The van der Waals surface area contributed by atoms with E-state index in [-0.39, 0.29) is 32.6 Å². The third-order valence-corrected chi connectivity index (χ3v) is 5.92. The maximum absolute atomic E-state index is 12.7. The van der Waals surface area contributed by atoms with Gasteiger partial charge in [-0.2, -0.15) is 0 Å². The molecule has 0 saturated heterocycles. The Hall–Kier alpha value is -3.80. The molecule has 0 unspecified atom stereocenters. The van der Waals surface area contributed by atoms with Crippen LogP contribution in [0.2, 0.25) is 0 Å². The van der Waals surface area contributed by atoms with Gasteiger partial charge in [-0.3, -0.25) is 4.79 Å². The number of rotatable bonds is 5. The van der Waals surface area contributed by atoms with Gasteiger partial charge in [-0.05, 0) is 55.0 Å². The summed E-state index contributed by atoms with van der Waals surface area (Å²) in [6.45, 7) is 1.75. The van der Waals surface area contributed by atoms with Crippen LogP contribution in [0.5, 0.6) is 11.5 Å². The van der Waals surface area contributed by atoms with Crippen LogP contribution in [0.3, 0.4) is 0 Å². The van der Waals surface area contributed by atoms with Crippen molar-refractivity contribution in [1.29, 1.82) is 0 Å². The van der Waals surface area contributed by atoms with Crippen molar-refractivity contribution in [2.24, 2.45) is 0 Å². The summed E-state index contributed by atoms with van der Waals surface area (Å²) in [5.41, 5.74) is 6.15. The van der Waals surface area contributed by atoms with E-state index in [1.165, 1.54) is 12.1 Å². The standard InChI is InChI=1S/C20H16F3N3O5S/c1-11-2-7-16(17(27)8-11)26-19(28)18-15(24)9-14(10-25-18)32(29,30)13-5-3-12(4-6-13)31-20(21,22)23/h2-10,27H,24H2,1H3,(H,26,28). The quantitative estimate of drug-likeness (QED) is 0.488. The maximum atomic E-state index is 12.7. The highest BCUT2D eigenvalue weighted by molar-refractivity contribution is 7.91. The second-order valence-corrected chi connectivity index (χ2v) is 8.56. The van der Waals surface area contributed by atoms with E-state index < -0.39 is 27.9 Å². The Morgan fingerprint density at radius 2 is 1.75 bits per heavy atom. The monoisotopic (exact) mass is 467 g/mol. The Kier molecular flexibility index (Phi) is 5.99. The lowest BCUT2D eigenvalue weighted by Crippen LogP contribution is -2.17. The molecule has 0 radical (unpaired) electrons. The molecule has 0 fully saturated rings. The molecule has 168 valence electrons. The minimum absolute atomic E-state index is 0.111. The number of halogens is 3. The first-order valence-corrected chi connectivity index (χ1v) is 10.3. The molecular weight excluding hydrogens is 451 g/mol. The molecule has 3 rings (SSSR count). The first kappa shape index (κ1) is 22.9. The first-order valence-electron chi connectivity index (χ1n) is 8.84. The second kappa shape index (κ2) is 8.38. The fourth-order valence-electron chi connectivity index (χ4n) is 2.68. The molecule has 0 atom stereocenters. The van der Waals surface area contributed by atoms with Gasteiger partial charge in [0.15, 0.2) is 5.69 Å². The number of phenols is 1. The van der Waals surface area contributed by atoms with Crippen molar-refractivity contribution in [1.82, 2.24) is 4.98 Å². The van der Waals surface area contributed by atoms with E-state index in [1.807, 2.05) is 0 Å². The molecule has 0 bridgehead atoms. The van der Waals surface area contributed by atoms with E-state index in [0.29, 0.717) is 0 Å². The van der Waals surface area contributed by atoms with Crippen LogP contribution < -0.4 is 15.8 Å². The third-order valence-electron chi connectivity index (χ3n) is 4.19. The molecule has 2 aromatic carbocycles. The lowest BCUT2D eigenvalue weighted by Gasteiger charge is -2.11. The number of aromatic hydroxyl groups is 1. The average molecular weight is 467 g/mol. The van der Waals surface area contributed by atoms with Gasteiger partial charge in [-0.1, -0.05) is 6.07 Å². The first-order chi connectivity index (χ1) is 14.9. The number of carbonyl (C=O) groups excluding carboxylic acids is 1. The van der Waals surface area contributed by atoms with Crippen LogP contribution in [-0.2, 0) is 9.84 Å². The van der Waals surface area contributed by atoms with Crippen LogP contribution in [0, 0.1) is 6.92 Å². The van der Waals surface area contributed by atoms with E-state index in [1.54, 1.807) is 13.0 Å². The Labute approximate surface area is 180 Å². The smallest absolute Gasteiger partial charge is 0.506 e. The number of benzene rings is 2. The lowest BCUT2D eigenvalue weighted by molar-refractivity contribution is -0.274. The molecule has 8 nitrogen and oxygen atoms in total. The third kappa shape index (κ3) is 5.09. The number of pyridine rings is 1. The molecule has 1 aromatic heterocycles. The van der Waals surface area contributed by atoms with Crippen molar-refractivity contribution in [3.05, 3.63) is 66.0 Å². The number of hydrogen-bond acceptors (Lipinski definition) is 7. The highest BCUT2D eigenvalue weighted by atomic mass is 32.2. The van der Waals surface area contributed by atoms with E-state index in [0.717, 1.165) is 42.1 Å². The molecule has 32 heavy (non-hydrogen) atoms. The minimum atomic E-state index is -4.91. The summed E-state index contributed by atoms with van der Waals surface area (Å²) in [6.07, 6.45) is -4.01. The predicted octanol–water partition coefficient (Wildman–Crippen LogP) is 3.66. The van der Waals surface area contributed by atoms with Crippen LogP contribution in [0.25, 0.3) is 0 Å². The number of nitrogens with two attached hydrogens (primary N) is 1. The van der Waals surface area contributed by atoms with Gasteiger partial charge in [0.2, 0.25) is 9.84 Å². The number of aryl methyl sites for hydroxylation is 1. The van der Waals surface area contributed by atoms with Crippen molar-refractivity contribution in [3.63, 3.8) is 0 Å². The molecule has 0 aliphatic carbocycles. The van der Waals surface area contributed by atoms with Crippen molar-refractivity contribution in [2.45, 2.75) is 23.1 Å². The van der Waals surface area contributed by atoms with Crippen molar-refractivity contribution < 1.29 is 36.2 Å². The summed E-state index contributed by atoms with van der Waals surface area (Å²) >= 11 is 0. The molecule has 0 aliphatic heterocycles. The number of phenolic OH excluding ortho intramolecular Hbond substituents is 1. The normalized spacial score (nSPS) is 11.8. The number of hydrogen-bond donors (Lipinski definition) is 3. The van der Waals surface area contributed by atoms with Gasteiger partial charge in [0.1, 0.15) is 11.5 Å². The lowest BCUT2D eigenvalue weighted by atomic mass is 10.2. The molecule has 12 heteroatoms. The molecule has 0 saturated carbocycles. The van der Waals surface area contributed by atoms with Crippen LogP contribution in [0.4, 0.5) is 24.5 Å². The summed E-state index contributed by atoms with van der Waals surface area (Å²) in [4.78, 5) is 15.6. The summed E-state index contributed by atoms with van der Waals surface area (Å²) < 4.78 is 66.0. The van der Waals surface area contributed by atoms with Gasteiger partial charge >= 0.3 is 6.36 Å². The second-order valence-electron chi connectivity index (χ2n) is 6.61. The number of nitrogens with one attached hydrogen (secondary N) is 1. The number of ether oxygens (including phenoxy) is 1. The zero-order valence-corrected chi connectivity index (χ0v) is 17.2. The van der Waals surface area contributed by atoms with Crippen LogP contribution in [0.1, 0.15) is 16.1 Å². The molecule has 0 aliphatic rings. The van der Waals surface area contributed by atoms with Crippen molar-refractivity contribution in [3.8, 4) is 11.5 Å². The van der Waals surface area contributed by atoms with Gasteiger partial charge in [0.05, 0.1) is 21.2 Å². The molecule has 4 N–H and O–H groups in total. The fraction of sp³-hybridized carbons (Fsp3) is 0.100. The van der Waals surface area contributed by atoms with Gasteiger partial charge in [-0.25, -0.2) is 13.4 Å². The largest absolute Gasteiger partial charge is 0.573 e. The summed E-state index contributed by atoms with van der Waals surface area (Å²) in [5.74, 6) is -1.53. The van der Waals surface area contributed by atoms with Gasteiger partial charge in [0, 0.05) is 6.20 Å². The van der Waals surface area contributed by atoms with E-state index in [4.69, 9.17) is 5.73 Å². The van der Waals surface area contributed by atoms with E-state index in [9.17, 15) is 31.5 Å². The number of nitrogen functional groups attached to an aromatic ring is 1. The SMILES string of the molecule is Cc1ccc(NC(=O)c2ncc(S(=O)(=O)c3ccc(OC(F)(F)F)cc3)cc2N)c(O)c1. The number of anilines is 2. The summed E-state index contributed by atoms with van der Waals surface area (Å²) in [6, 6.07) is 9.16. The minimum Gasteiger partial charge on any atom is -0.506 e. The number of amides is 1. The Morgan fingerprint density at radius 1 is 1.09 bits per heavy atom. The van der Waals surface area contributed by atoms with E-state index in [2.05, 4.69) is 15.0 Å². The molecule has 3 aromatic rings. The van der Waals surface area contributed by atoms with Gasteiger partial charge in [0.25, 0.3) is 5.91 Å². The predicted molar refractivity (Wildman–Crippen MR) is 108 cm³/mol. The molecule has 1 heterocycles. The number of carbonyl (C=O) groups is 1. The number of aromatic nitrogens is 1. The van der Waals surface area contributed by atoms with E-state index >= 15 is 0 Å². The van der Waals surface area contributed by atoms with Gasteiger partial charge in [-0.15, -0.1) is 13.2 Å². The van der Waals surface area contributed by atoms with Crippen LogP contribution >= 0.6 is 0 Å². The summed E-state index contributed by atoms with van der Waals surface area (Å²) in [7, 11) is -4.19. The zero-order chi connectivity index (χ0) is 23.7. The van der Waals surface area contributed by atoms with Crippen LogP contribution in [0.15, 0.2) is 64.5 Å². The Morgan fingerprint density at radius 3 is 2.31 bits per heavy atom. The Bertz CT molecular complexity index is 1280. The number of sulfone groups is 1. The van der Waals surface area contributed by atoms with Crippen molar-refractivity contribution in [2.75, 3.05) is 11.1 Å². The number of alkyl halides is 3. The van der Waals surface area contributed by atoms with Gasteiger partial charge < -0.3 is 20.9 Å². The maximum Gasteiger partial charge on any atom is 0.573 e. The Balaban J connectivity index is 1.84. The van der Waals surface area contributed by atoms with Crippen LogP contribution in [-0.4, -0.2) is 30.8 Å². The highest BCUT2D eigenvalue weighted by Gasteiger charge is 2.31. The average Bonchev–Trinajstić information content (AvgIpc) is 2.69. The van der Waals surface area contributed by atoms with Crippen molar-refractivity contribution >= 4 is 27.1 Å². The summed E-state index contributed by atoms with van der Waals surface area (Å²) in [5, 5.41) is 12.3. The highest BCUT2D eigenvalue weighted by Crippen LogP contribution is 2.28. The zero-order valence-electron chi connectivity index (χ0n) is 16.3. The molecule has 1 amide bonds. The molecule has 0 spiro atoms.